The lowest BCUT2D eigenvalue weighted by atomic mass is 10.0. The van der Waals surface area contributed by atoms with E-state index in [9.17, 15) is 13.2 Å². The van der Waals surface area contributed by atoms with Gasteiger partial charge in [0, 0.05) is 37.5 Å². The van der Waals surface area contributed by atoms with E-state index in [4.69, 9.17) is 9.15 Å². The topological polar surface area (TPSA) is 93.0 Å². The van der Waals surface area contributed by atoms with Crippen LogP contribution in [0, 0.1) is 0 Å². The Morgan fingerprint density at radius 1 is 1.23 bits per heavy atom. The summed E-state index contributed by atoms with van der Waals surface area (Å²) in [5, 5.41) is 0. The molecule has 8 nitrogen and oxygen atoms in total. The molecule has 0 saturated carbocycles. The van der Waals surface area contributed by atoms with Crippen LogP contribution < -0.4 is 0 Å². The van der Waals surface area contributed by atoms with Crippen molar-refractivity contribution in [3.05, 3.63) is 36.2 Å². The molecule has 1 amide bonds. The lowest BCUT2D eigenvalue weighted by Gasteiger charge is -2.37. The monoisotopic (exact) mass is 449 g/mol. The molecule has 1 fully saturated rings. The number of rotatable bonds is 5. The Hall–Kier alpha value is -2.39. The van der Waals surface area contributed by atoms with Gasteiger partial charge in [-0.25, -0.2) is 18.2 Å². The number of sulfone groups is 1. The number of piperidine rings is 1. The third kappa shape index (κ3) is 6.30. The number of amides is 1. The van der Waals surface area contributed by atoms with Crippen LogP contribution in [0.1, 0.15) is 39.3 Å². The molecular formula is C22H31N3O5S. The maximum Gasteiger partial charge on any atom is 0.410 e. The summed E-state index contributed by atoms with van der Waals surface area (Å²) in [6, 6.07) is 6.84. The molecule has 2 aromatic rings. The molecule has 0 spiro atoms. The molecule has 31 heavy (non-hydrogen) atoms. The Kier molecular flexibility index (Phi) is 6.76. The third-order valence-corrected chi connectivity index (χ3v) is 6.36. The number of likely N-dealkylation sites (tertiary alicyclic amines) is 1. The first kappa shape index (κ1) is 23.3. The quantitative estimate of drug-likeness (QED) is 0.689. The van der Waals surface area contributed by atoms with Crippen molar-refractivity contribution in [3.63, 3.8) is 0 Å². The predicted octanol–water partition coefficient (Wildman–Crippen LogP) is 3.58. The van der Waals surface area contributed by atoms with Gasteiger partial charge in [-0.15, -0.1) is 0 Å². The van der Waals surface area contributed by atoms with Crippen molar-refractivity contribution in [1.82, 2.24) is 14.8 Å². The van der Waals surface area contributed by atoms with Crippen LogP contribution in [0.15, 0.2) is 39.8 Å². The van der Waals surface area contributed by atoms with Crippen molar-refractivity contribution in [2.24, 2.45) is 0 Å². The molecule has 1 saturated heterocycles. The Balaban J connectivity index is 1.55. The highest BCUT2D eigenvalue weighted by molar-refractivity contribution is 7.90. The highest BCUT2D eigenvalue weighted by Gasteiger charge is 2.28. The first-order valence-electron chi connectivity index (χ1n) is 10.4. The van der Waals surface area contributed by atoms with Crippen molar-refractivity contribution >= 4 is 15.9 Å². The highest BCUT2D eigenvalue weighted by Crippen LogP contribution is 2.23. The van der Waals surface area contributed by atoms with Crippen LogP contribution in [0.2, 0.25) is 0 Å². The van der Waals surface area contributed by atoms with E-state index in [1.165, 1.54) is 6.26 Å². The fraction of sp³-hybridized carbons (Fsp3) is 0.545. The standard InChI is InChI=1S/C22H31N3O5S/c1-22(2,3)30-21(26)25-12-10-18(11-13-25)24(4)14-17-15-29-20(23-17)16-6-8-19(9-7-16)31(5,27)28/h6-9,15,18H,10-14H2,1-5H3. The van der Waals surface area contributed by atoms with Gasteiger partial charge in [0.2, 0.25) is 5.89 Å². The lowest BCUT2D eigenvalue weighted by molar-refractivity contribution is 0.0152. The van der Waals surface area contributed by atoms with Gasteiger partial charge in [0.25, 0.3) is 0 Å². The first-order chi connectivity index (χ1) is 14.4. The van der Waals surface area contributed by atoms with E-state index in [1.54, 1.807) is 35.4 Å². The van der Waals surface area contributed by atoms with Gasteiger partial charge in [-0.05, 0) is 64.9 Å². The average molecular weight is 450 g/mol. The van der Waals surface area contributed by atoms with Crippen LogP contribution in [-0.4, -0.2) is 67.3 Å². The van der Waals surface area contributed by atoms with Crippen LogP contribution in [0.25, 0.3) is 11.5 Å². The number of hydrogen-bond donors (Lipinski definition) is 0. The minimum atomic E-state index is -3.23. The van der Waals surface area contributed by atoms with Crippen molar-refractivity contribution in [2.45, 2.75) is 56.7 Å². The zero-order chi connectivity index (χ0) is 22.8. The molecule has 170 valence electrons. The summed E-state index contributed by atoms with van der Waals surface area (Å²) >= 11 is 0. The fourth-order valence-corrected chi connectivity index (χ4v) is 4.19. The van der Waals surface area contributed by atoms with Gasteiger partial charge >= 0.3 is 6.09 Å². The Bertz CT molecular complexity index is 1000. The van der Waals surface area contributed by atoms with E-state index in [1.807, 2.05) is 27.8 Å². The SMILES string of the molecule is CN(Cc1coc(-c2ccc(S(C)(=O)=O)cc2)n1)C1CCN(C(=O)OC(C)(C)C)CC1. The second kappa shape index (κ2) is 9.00. The van der Waals surface area contributed by atoms with Gasteiger partial charge in [-0.1, -0.05) is 0 Å². The molecule has 1 aromatic heterocycles. The summed E-state index contributed by atoms with van der Waals surface area (Å²) in [5.41, 5.74) is 1.05. The van der Waals surface area contributed by atoms with Crippen LogP contribution in [0.4, 0.5) is 4.79 Å². The minimum absolute atomic E-state index is 0.253. The maximum atomic E-state index is 12.2. The summed E-state index contributed by atoms with van der Waals surface area (Å²) in [4.78, 5) is 21.0. The zero-order valence-electron chi connectivity index (χ0n) is 18.8. The molecule has 9 heteroatoms. The average Bonchev–Trinajstić information content (AvgIpc) is 3.14. The largest absolute Gasteiger partial charge is 0.444 e. The van der Waals surface area contributed by atoms with Crippen LogP contribution in [0.5, 0.6) is 0 Å². The Morgan fingerprint density at radius 3 is 2.39 bits per heavy atom. The molecular weight excluding hydrogens is 418 g/mol. The van der Waals surface area contributed by atoms with Crippen LogP contribution >= 0.6 is 0 Å². The molecule has 2 heterocycles. The molecule has 0 unspecified atom stereocenters. The van der Waals surface area contributed by atoms with Gasteiger partial charge in [0.1, 0.15) is 11.9 Å². The summed E-state index contributed by atoms with van der Waals surface area (Å²) < 4.78 is 34.3. The van der Waals surface area contributed by atoms with Crippen molar-refractivity contribution in [2.75, 3.05) is 26.4 Å². The normalized spacial score (nSPS) is 16.0. The molecule has 3 rings (SSSR count). The lowest BCUT2D eigenvalue weighted by Crippen LogP contribution is -2.46. The Labute approximate surface area is 184 Å². The van der Waals surface area contributed by atoms with Gasteiger partial charge in [0.15, 0.2) is 9.84 Å². The fourth-order valence-electron chi connectivity index (χ4n) is 3.56. The van der Waals surface area contributed by atoms with Crippen LogP contribution in [0.3, 0.4) is 0 Å². The van der Waals surface area contributed by atoms with E-state index in [-0.39, 0.29) is 11.0 Å². The number of carbonyl (C=O) groups is 1. The number of oxazole rings is 1. The molecule has 1 aliphatic rings. The number of nitrogens with zero attached hydrogens (tertiary/aromatic N) is 3. The number of benzene rings is 1. The highest BCUT2D eigenvalue weighted by atomic mass is 32.2. The van der Waals surface area contributed by atoms with E-state index in [0.717, 1.165) is 24.1 Å². The summed E-state index contributed by atoms with van der Waals surface area (Å²) in [6.45, 7) is 7.58. The van der Waals surface area contributed by atoms with Gasteiger partial charge < -0.3 is 14.1 Å². The molecule has 0 aliphatic carbocycles. The van der Waals surface area contributed by atoms with Gasteiger partial charge in [0.05, 0.1) is 10.6 Å². The number of hydrogen-bond acceptors (Lipinski definition) is 7. The molecule has 0 atom stereocenters. The number of aromatic nitrogens is 1. The predicted molar refractivity (Wildman–Crippen MR) is 117 cm³/mol. The molecule has 1 aromatic carbocycles. The molecule has 1 aliphatic heterocycles. The second-order valence-corrected chi connectivity index (χ2v) is 11.1. The van der Waals surface area contributed by atoms with Crippen molar-refractivity contribution in [3.8, 4) is 11.5 Å². The minimum Gasteiger partial charge on any atom is -0.444 e. The number of carbonyl (C=O) groups excluding carboxylic acids is 1. The van der Waals surface area contributed by atoms with E-state index in [2.05, 4.69) is 9.88 Å². The molecule has 0 bridgehead atoms. The number of ether oxygens (including phenoxy) is 1. The third-order valence-electron chi connectivity index (χ3n) is 5.23. The van der Waals surface area contributed by atoms with Crippen molar-refractivity contribution < 1.29 is 22.4 Å². The smallest absolute Gasteiger partial charge is 0.410 e. The van der Waals surface area contributed by atoms with E-state index in [0.29, 0.717) is 31.6 Å². The Morgan fingerprint density at radius 2 is 1.84 bits per heavy atom. The summed E-state index contributed by atoms with van der Waals surface area (Å²) in [5.74, 6) is 0.461. The van der Waals surface area contributed by atoms with Crippen LogP contribution in [-0.2, 0) is 21.1 Å². The molecule has 0 radical (unpaired) electrons. The first-order valence-corrected chi connectivity index (χ1v) is 12.2. The van der Waals surface area contributed by atoms with E-state index < -0.39 is 15.4 Å². The van der Waals surface area contributed by atoms with Gasteiger partial charge in [-0.3, -0.25) is 4.90 Å². The summed E-state index contributed by atoms with van der Waals surface area (Å²) in [6.07, 6.45) is 4.29. The summed E-state index contributed by atoms with van der Waals surface area (Å²) in [7, 11) is -1.19. The van der Waals surface area contributed by atoms with Gasteiger partial charge in [-0.2, -0.15) is 0 Å². The zero-order valence-corrected chi connectivity index (χ0v) is 19.6. The van der Waals surface area contributed by atoms with E-state index >= 15 is 0 Å². The maximum absolute atomic E-state index is 12.2. The van der Waals surface area contributed by atoms with Crippen molar-refractivity contribution in [1.29, 1.82) is 0 Å². The second-order valence-electron chi connectivity index (χ2n) is 9.05. The molecule has 0 N–H and O–H groups in total.